The van der Waals surface area contributed by atoms with Crippen molar-refractivity contribution in [2.24, 2.45) is 11.8 Å². The first-order valence-corrected chi connectivity index (χ1v) is 20.1. The smallest absolute Gasteiger partial charge is 0.349 e. The molecular formula is C38H48F2N4O7S2. The van der Waals surface area contributed by atoms with Gasteiger partial charge in [0.15, 0.2) is 0 Å². The van der Waals surface area contributed by atoms with Crippen LogP contribution in [-0.2, 0) is 31.3 Å². The van der Waals surface area contributed by atoms with Gasteiger partial charge in [-0.3, -0.25) is 9.59 Å². The van der Waals surface area contributed by atoms with Crippen LogP contribution in [0.25, 0.3) is 0 Å². The van der Waals surface area contributed by atoms with Crippen LogP contribution in [0.4, 0.5) is 14.5 Å². The number of halogens is 2. The molecule has 3 fully saturated rings. The highest BCUT2D eigenvalue weighted by atomic mass is 32.1. The van der Waals surface area contributed by atoms with Gasteiger partial charge in [0.25, 0.3) is 0 Å². The highest BCUT2D eigenvalue weighted by molar-refractivity contribution is 7.12. The predicted octanol–water partition coefficient (Wildman–Crippen LogP) is 4.25. The quantitative estimate of drug-likeness (QED) is 0.132. The number of esters is 1. The number of carbonyl (C=O) groups is 3. The zero-order valence-corrected chi connectivity index (χ0v) is 31.3. The van der Waals surface area contributed by atoms with Crippen molar-refractivity contribution >= 4 is 46.1 Å². The Labute approximate surface area is 315 Å². The number of amides is 2. The van der Waals surface area contributed by atoms with Gasteiger partial charge in [0.2, 0.25) is 17.4 Å². The number of fused-ring (bicyclic) bond motifs is 1. The Morgan fingerprint density at radius 3 is 2.40 bits per heavy atom. The highest BCUT2D eigenvalue weighted by Crippen LogP contribution is 2.39. The molecule has 53 heavy (non-hydrogen) atoms. The van der Waals surface area contributed by atoms with Crippen molar-refractivity contribution in [2.75, 3.05) is 25.5 Å². The van der Waals surface area contributed by atoms with Gasteiger partial charge >= 0.3 is 5.97 Å². The van der Waals surface area contributed by atoms with Crippen LogP contribution in [0.1, 0.15) is 73.1 Å². The van der Waals surface area contributed by atoms with Crippen molar-refractivity contribution in [1.29, 1.82) is 0 Å². The zero-order valence-electron chi connectivity index (χ0n) is 29.6. The second kappa shape index (κ2) is 17.4. The molecular weight excluding hydrogens is 727 g/mol. The maximum absolute atomic E-state index is 15.0. The lowest BCUT2D eigenvalue weighted by molar-refractivity contribution is -0.169. The molecule has 5 atom stereocenters. The van der Waals surface area contributed by atoms with Gasteiger partial charge in [-0.2, -0.15) is 0 Å². The Kier molecular flexibility index (Phi) is 13.0. The van der Waals surface area contributed by atoms with Crippen molar-refractivity contribution in [1.82, 2.24) is 15.5 Å². The summed E-state index contributed by atoms with van der Waals surface area (Å²) in [5.41, 5.74) is -2.05. The number of nitrogens with one attached hydrogen (secondary N) is 3. The number of benzene rings is 1. The Bertz CT molecular complexity index is 1670. The van der Waals surface area contributed by atoms with Crippen LogP contribution >= 0.6 is 22.7 Å². The van der Waals surface area contributed by atoms with Crippen LogP contribution in [0.15, 0.2) is 47.2 Å². The molecule has 2 aliphatic carbocycles. The van der Waals surface area contributed by atoms with E-state index in [2.05, 4.69) is 16.0 Å². The number of ether oxygens (including phenoxy) is 1. The molecule has 6 rings (SSSR count). The van der Waals surface area contributed by atoms with Crippen LogP contribution in [0.3, 0.4) is 0 Å². The van der Waals surface area contributed by atoms with E-state index in [1.807, 2.05) is 22.7 Å². The van der Waals surface area contributed by atoms with E-state index in [-0.39, 0.29) is 66.7 Å². The molecule has 288 valence electrons. The van der Waals surface area contributed by atoms with Crippen LogP contribution in [0, 0.1) is 23.5 Å². The Hall–Kier alpha value is -3.31. The van der Waals surface area contributed by atoms with Crippen molar-refractivity contribution in [3.63, 3.8) is 0 Å². The largest absolute Gasteiger partial charge is 0.460 e. The number of carbonyl (C=O) groups excluding carboxylic acids is 3. The summed E-state index contributed by atoms with van der Waals surface area (Å²) in [5.74, 6) is -2.91. The average molecular weight is 775 g/mol. The monoisotopic (exact) mass is 774 g/mol. The minimum atomic E-state index is -1.85. The molecule has 6 N–H and O–H groups in total. The van der Waals surface area contributed by atoms with Crippen LogP contribution < -0.4 is 16.0 Å². The second-order valence-electron chi connectivity index (χ2n) is 14.5. The molecule has 3 aromatic rings. The molecule has 2 amide bonds. The van der Waals surface area contributed by atoms with E-state index in [0.29, 0.717) is 54.8 Å². The minimum absolute atomic E-state index is 0.0371. The van der Waals surface area contributed by atoms with E-state index in [0.717, 1.165) is 25.0 Å². The van der Waals surface area contributed by atoms with Gasteiger partial charge < -0.3 is 40.9 Å². The second-order valence-corrected chi connectivity index (χ2v) is 16.4. The van der Waals surface area contributed by atoms with Gasteiger partial charge in [0, 0.05) is 50.1 Å². The third-order valence-corrected chi connectivity index (χ3v) is 13.1. The number of rotatable bonds is 14. The first-order chi connectivity index (χ1) is 25.4. The van der Waals surface area contributed by atoms with Gasteiger partial charge in [0.05, 0.1) is 33.7 Å². The first kappa shape index (κ1) is 39.4. The molecule has 2 saturated carbocycles. The van der Waals surface area contributed by atoms with E-state index in [4.69, 9.17) is 4.74 Å². The molecule has 1 aromatic carbocycles. The van der Waals surface area contributed by atoms with E-state index in [1.54, 1.807) is 24.3 Å². The third-order valence-electron chi connectivity index (χ3n) is 11.1. The molecule has 15 heteroatoms. The van der Waals surface area contributed by atoms with Crippen LogP contribution in [-0.4, -0.2) is 88.5 Å². The van der Waals surface area contributed by atoms with Crippen molar-refractivity contribution in [2.45, 2.75) is 100 Å². The Morgan fingerprint density at radius 2 is 1.74 bits per heavy atom. The molecule has 0 bridgehead atoms. The number of piperidine rings is 1. The van der Waals surface area contributed by atoms with E-state index in [1.165, 1.54) is 22.7 Å². The first-order valence-electron chi connectivity index (χ1n) is 18.3. The number of hydrogen-bond acceptors (Lipinski definition) is 11. The molecule has 3 aliphatic rings. The molecule has 4 unspecified atom stereocenters. The van der Waals surface area contributed by atoms with Gasteiger partial charge in [-0.25, -0.2) is 13.6 Å². The topological polar surface area (TPSA) is 160 Å². The van der Waals surface area contributed by atoms with Gasteiger partial charge in [-0.15, -0.1) is 22.7 Å². The maximum Gasteiger partial charge on any atom is 0.349 e. The number of aliphatic hydroxyl groups excluding tert-OH is 2. The summed E-state index contributed by atoms with van der Waals surface area (Å²) in [6.07, 6.45) is 2.93. The number of anilines is 1. The number of aliphatic hydroxyl groups is 3. The standard InChI is InChI=1S/C38H48F2N4O7S2/c1-44(23-6-8-24(9-7-23)51-37(49)38(50,32-4-2-16-52-32)33-5-3-17-53-33)15-14-35(48)42-29-19-27(39)22(18-28(29)40)20-41-21-31(46)25-10-12-30(45)36-26(25)11-13-34(47)43-36/h2-5,16-19,23-26,30-31,36,41,45-46,50H,6-15,20-21H2,1H3,(H,42,48)(H,43,47)/t23?,24?,25?,26?,30?,31-,36?/m0/s1. The molecule has 0 radical (unpaired) electrons. The SMILES string of the molecule is CN(CCC(=O)Nc1cc(F)c(CNC[C@H](O)C2CCC(O)C3NC(=O)CCC32)cc1F)C1CCC(OC(=O)C(O)(c2cccs2)c2cccs2)CC1. The third kappa shape index (κ3) is 9.15. The summed E-state index contributed by atoms with van der Waals surface area (Å²) in [6, 6.07) is 8.77. The minimum Gasteiger partial charge on any atom is -0.460 e. The van der Waals surface area contributed by atoms with E-state index in [9.17, 15) is 38.5 Å². The Morgan fingerprint density at radius 1 is 1.04 bits per heavy atom. The van der Waals surface area contributed by atoms with Crippen molar-refractivity contribution in [3.8, 4) is 0 Å². The van der Waals surface area contributed by atoms with Crippen molar-refractivity contribution in [3.05, 3.63) is 74.1 Å². The molecule has 3 heterocycles. The summed E-state index contributed by atoms with van der Waals surface area (Å²) in [7, 11) is 1.90. The summed E-state index contributed by atoms with van der Waals surface area (Å²) < 4.78 is 35.8. The van der Waals surface area contributed by atoms with E-state index >= 15 is 0 Å². The highest BCUT2D eigenvalue weighted by Gasteiger charge is 2.46. The van der Waals surface area contributed by atoms with Gasteiger partial charge in [-0.05, 0) is 92.8 Å². The fourth-order valence-corrected chi connectivity index (χ4v) is 9.78. The Balaban J connectivity index is 0.923. The lowest BCUT2D eigenvalue weighted by Gasteiger charge is -2.45. The lowest BCUT2D eigenvalue weighted by Crippen LogP contribution is -2.58. The molecule has 2 aromatic heterocycles. The van der Waals surface area contributed by atoms with Gasteiger partial charge in [-0.1, -0.05) is 12.1 Å². The van der Waals surface area contributed by atoms with Crippen LogP contribution in [0.5, 0.6) is 0 Å². The zero-order chi connectivity index (χ0) is 37.7. The predicted molar refractivity (Wildman–Crippen MR) is 197 cm³/mol. The summed E-state index contributed by atoms with van der Waals surface area (Å²) in [4.78, 5) is 41.0. The van der Waals surface area contributed by atoms with E-state index < -0.39 is 41.3 Å². The summed E-state index contributed by atoms with van der Waals surface area (Å²) >= 11 is 2.59. The maximum atomic E-state index is 15.0. The number of hydrogen-bond donors (Lipinski definition) is 6. The van der Waals surface area contributed by atoms with Crippen LogP contribution in [0.2, 0.25) is 0 Å². The lowest BCUT2D eigenvalue weighted by atomic mass is 9.68. The summed E-state index contributed by atoms with van der Waals surface area (Å²) in [6.45, 7) is 0.483. The molecule has 0 spiro atoms. The molecule has 1 aliphatic heterocycles. The fraction of sp³-hybridized carbons (Fsp3) is 0.553. The molecule has 1 saturated heterocycles. The normalized spacial score (nSPS) is 25.4. The fourth-order valence-electron chi connectivity index (χ4n) is 8.07. The average Bonchev–Trinajstić information content (AvgIpc) is 3.89. The number of nitrogens with zero attached hydrogens (tertiary/aromatic N) is 1. The van der Waals surface area contributed by atoms with Gasteiger partial charge in [0.1, 0.15) is 17.7 Å². The number of thiophene rings is 2. The molecule has 11 nitrogen and oxygen atoms in total. The summed E-state index contributed by atoms with van der Waals surface area (Å²) in [5, 5.41) is 44.7. The van der Waals surface area contributed by atoms with Crippen molar-refractivity contribution < 1.29 is 43.2 Å².